The third kappa shape index (κ3) is 2.63. The molecule has 1 aromatic rings. The number of aliphatic carboxylic acids is 1. The fourth-order valence-electron chi connectivity index (χ4n) is 3.22. The van der Waals surface area contributed by atoms with E-state index in [9.17, 15) is 19.1 Å². The molecule has 0 spiro atoms. The Morgan fingerprint density at radius 2 is 1.81 bits per heavy atom. The topological polar surface area (TPSA) is 78.5 Å². The number of carbonyl (C=O) groups excluding carboxylic acids is 2. The molecule has 2 aliphatic rings. The van der Waals surface area contributed by atoms with Crippen LogP contribution in [-0.2, 0) is 20.9 Å². The maximum atomic E-state index is 12.8. The Hall–Kier alpha value is -1.95. The molecule has 2 bridgehead atoms. The van der Waals surface area contributed by atoms with Gasteiger partial charge in [-0.15, -0.1) is 0 Å². The van der Waals surface area contributed by atoms with E-state index in [-0.39, 0.29) is 24.4 Å². The lowest BCUT2D eigenvalue weighted by Crippen LogP contribution is -2.48. The summed E-state index contributed by atoms with van der Waals surface area (Å²) >= 11 is 0. The van der Waals surface area contributed by atoms with Crippen molar-refractivity contribution in [2.75, 3.05) is 0 Å². The van der Waals surface area contributed by atoms with Gasteiger partial charge in [0.25, 0.3) is 0 Å². The molecule has 0 saturated carbocycles. The fraction of sp³-hybridized carbons (Fsp3) is 0.467. The summed E-state index contributed by atoms with van der Waals surface area (Å²) in [5.74, 6) is -3.50. The fourth-order valence-corrected chi connectivity index (χ4v) is 3.22. The largest absolute Gasteiger partial charge is 0.550 e. The number of halogens is 1. The van der Waals surface area contributed by atoms with Crippen molar-refractivity contribution in [1.82, 2.24) is 5.32 Å². The van der Waals surface area contributed by atoms with Crippen molar-refractivity contribution in [3.05, 3.63) is 35.6 Å². The zero-order valence-electron chi connectivity index (χ0n) is 11.3. The van der Waals surface area contributed by atoms with Gasteiger partial charge in [0.05, 0.1) is 18.1 Å². The molecule has 112 valence electrons. The van der Waals surface area contributed by atoms with Crippen molar-refractivity contribution in [1.29, 1.82) is 0 Å². The van der Waals surface area contributed by atoms with Gasteiger partial charge in [-0.25, -0.2) is 4.39 Å². The zero-order valence-corrected chi connectivity index (χ0v) is 11.3. The number of carboxylic acid groups (broad SMARTS) is 1. The van der Waals surface area contributed by atoms with Crippen molar-refractivity contribution >= 4 is 11.9 Å². The number of rotatable bonds is 4. The van der Waals surface area contributed by atoms with Crippen molar-refractivity contribution in [2.45, 2.75) is 31.6 Å². The summed E-state index contributed by atoms with van der Waals surface area (Å²) in [5, 5.41) is 13.9. The number of ether oxygens (including phenoxy) is 1. The predicted molar refractivity (Wildman–Crippen MR) is 68.1 cm³/mol. The van der Waals surface area contributed by atoms with E-state index in [0.717, 1.165) is 5.56 Å². The molecule has 1 N–H and O–H groups in total. The molecular formula is C15H15FNO4-. The summed E-state index contributed by atoms with van der Waals surface area (Å²) in [6.07, 6.45) is 0.599. The first kappa shape index (κ1) is 14.0. The maximum absolute atomic E-state index is 12.8. The molecule has 2 fully saturated rings. The van der Waals surface area contributed by atoms with Crippen LogP contribution in [0.5, 0.6) is 0 Å². The van der Waals surface area contributed by atoms with Crippen LogP contribution in [0.4, 0.5) is 4.39 Å². The average Bonchev–Trinajstić information content (AvgIpc) is 3.06. The van der Waals surface area contributed by atoms with Crippen LogP contribution in [0.15, 0.2) is 24.3 Å². The molecule has 2 aliphatic heterocycles. The van der Waals surface area contributed by atoms with Crippen molar-refractivity contribution in [3.63, 3.8) is 0 Å². The van der Waals surface area contributed by atoms with Crippen LogP contribution in [0.3, 0.4) is 0 Å². The van der Waals surface area contributed by atoms with Gasteiger partial charge in [0.1, 0.15) is 5.82 Å². The first-order valence-electron chi connectivity index (χ1n) is 6.95. The lowest BCUT2D eigenvalue weighted by atomic mass is 9.78. The Morgan fingerprint density at radius 3 is 2.43 bits per heavy atom. The van der Waals surface area contributed by atoms with Crippen LogP contribution in [-0.4, -0.2) is 24.1 Å². The Labute approximate surface area is 121 Å². The minimum atomic E-state index is -1.23. The number of hydrogen-bond donors (Lipinski definition) is 1. The molecule has 0 aromatic heterocycles. The molecule has 0 radical (unpaired) electrons. The molecule has 2 saturated heterocycles. The normalized spacial score (nSPS) is 30.3. The molecule has 2 heterocycles. The monoisotopic (exact) mass is 292 g/mol. The van der Waals surface area contributed by atoms with Crippen LogP contribution in [0.1, 0.15) is 18.4 Å². The molecule has 6 heteroatoms. The molecule has 0 unspecified atom stereocenters. The molecule has 1 aromatic carbocycles. The Bertz CT molecular complexity index is 559. The quantitative estimate of drug-likeness (QED) is 0.846. The summed E-state index contributed by atoms with van der Waals surface area (Å²) in [6, 6.07) is 5.77. The molecule has 0 aliphatic carbocycles. The van der Waals surface area contributed by atoms with Crippen molar-refractivity contribution in [3.8, 4) is 0 Å². The van der Waals surface area contributed by atoms with Crippen LogP contribution in [0.25, 0.3) is 0 Å². The first-order valence-corrected chi connectivity index (χ1v) is 6.95. The molecule has 21 heavy (non-hydrogen) atoms. The average molecular weight is 292 g/mol. The molecular weight excluding hydrogens is 277 g/mol. The van der Waals surface area contributed by atoms with E-state index in [4.69, 9.17) is 4.74 Å². The number of hydrogen-bond acceptors (Lipinski definition) is 4. The second-order valence-corrected chi connectivity index (χ2v) is 5.51. The second-order valence-electron chi connectivity index (χ2n) is 5.51. The summed E-state index contributed by atoms with van der Waals surface area (Å²) in [6.45, 7) is 0.229. The SMILES string of the molecule is O=C([O-])[C@H]1[C@H](C(=O)NCc2ccc(F)cc2)[C@H]2CC[C@@H]1O2. The number of amides is 1. The summed E-state index contributed by atoms with van der Waals surface area (Å²) in [5.41, 5.74) is 0.749. The molecule has 4 atom stereocenters. The number of fused-ring (bicyclic) bond motifs is 2. The highest BCUT2D eigenvalue weighted by Gasteiger charge is 2.52. The van der Waals surface area contributed by atoms with Gasteiger partial charge >= 0.3 is 0 Å². The highest BCUT2D eigenvalue weighted by atomic mass is 19.1. The zero-order chi connectivity index (χ0) is 15.0. The van der Waals surface area contributed by atoms with E-state index in [2.05, 4.69) is 5.32 Å². The molecule has 5 nitrogen and oxygen atoms in total. The minimum absolute atomic E-state index is 0.229. The Kier molecular flexibility index (Phi) is 3.63. The van der Waals surface area contributed by atoms with Crippen LogP contribution < -0.4 is 10.4 Å². The van der Waals surface area contributed by atoms with E-state index < -0.39 is 23.9 Å². The summed E-state index contributed by atoms with van der Waals surface area (Å²) in [4.78, 5) is 23.4. The van der Waals surface area contributed by atoms with Gasteiger partial charge < -0.3 is 20.0 Å². The third-order valence-corrected chi connectivity index (χ3v) is 4.23. The Morgan fingerprint density at radius 1 is 1.19 bits per heavy atom. The van der Waals surface area contributed by atoms with E-state index >= 15 is 0 Å². The number of carbonyl (C=O) groups is 2. The summed E-state index contributed by atoms with van der Waals surface area (Å²) < 4.78 is 18.3. The smallest absolute Gasteiger partial charge is 0.226 e. The van der Waals surface area contributed by atoms with Gasteiger partial charge in [0, 0.05) is 18.4 Å². The van der Waals surface area contributed by atoms with Gasteiger partial charge in [-0.1, -0.05) is 12.1 Å². The number of nitrogens with one attached hydrogen (secondary N) is 1. The van der Waals surface area contributed by atoms with Gasteiger partial charge in [-0.05, 0) is 30.5 Å². The molecule has 1 amide bonds. The first-order chi connectivity index (χ1) is 10.1. The van der Waals surface area contributed by atoms with Gasteiger partial charge in [-0.3, -0.25) is 4.79 Å². The van der Waals surface area contributed by atoms with E-state index in [1.807, 2.05) is 0 Å². The minimum Gasteiger partial charge on any atom is -0.550 e. The van der Waals surface area contributed by atoms with E-state index in [0.29, 0.717) is 12.8 Å². The summed E-state index contributed by atoms with van der Waals surface area (Å²) in [7, 11) is 0. The van der Waals surface area contributed by atoms with Gasteiger partial charge in [0.15, 0.2) is 0 Å². The van der Waals surface area contributed by atoms with E-state index in [1.54, 1.807) is 12.1 Å². The van der Waals surface area contributed by atoms with E-state index in [1.165, 1.54) is 12.1 Å². The maximum Gasteiger partial charge on any atom is 0.226 e. The third-order valence-electron chi connectivity index (χ3n) is 4.23. The second kappa shape index (κ2) is 5.44. The highest BCUT2D eigenvalue weighted by molar-refractivity contribution is 5.86. The number of carboxylic acids is 1. The van der Waals surface area contributed by atoms with Crippen LogP contribution >= 0.6 is 0 Å². The van der Waals surface area contributed by atoms with Crippen molar-refractivity contribution in [2.24, 2.45) is 11.8 Å². The van der Waals surface area contributed by atoms with Crippen molar-refractivity contribution < 1.29 is 23.8 Å². The lowest BCUT2D eigenvalue weighted by molar-refractivity contribution is -0.314. The predicted octanol–water partition coefficient (Wildman–Crippen LogP) is -0.0146. The molecule has 3 rings (SSSR count). The highest BCUT2D eigenvalue weighted by Crippen LogP contribution is 2.43. The lowest BCUT2D eigenvalue weighted by Gasteiger charge is -2.27. The Balaban J connectivity index is 1.64. The van der Waals surface area contributed by atoms with Gasteiger partial charge in [-0.2, -0.15) is 0 Å². The van der Waals surface area contributed by atoms with Crippen LogP contribution in [0.2, 0.25) is 0 Å². The van der Waals surface area contributed by atoms with Gasteiger partial charge in [0.2, 0.25) is 5.91 Å². The van der Waals surface area contributed by atoms with Crippen LogP contribution in [0, 0.1) is 17.7 Å². The number of benzene rings is 1. The standard InChI is InChI=1S/C15H16FNO4/c16-9-3-1-8(2-4-9)7-17-14(18)12-10-5-6-11(21-10)13(12)15(19)20/h1-4,10-13H,5-7H2,(H,17,18)(H,19,20)/p-1/t10-,11+,12-,13-/m1/s1.